The van der Waals surface area contributed by atoms with E-state index in [9.17, 15) is 0 Å². The van der Waals surface area contributed by atoms with Gasteiger partial charge in [-0.25, -0.2) is 0 Å². The van der Waals surface area contributed by atoms with E-state index in [-0.39, 0.29) is 0 Å². The minimum atomic E-state index is 0.363. The van der Waals surface area contributed by atoms with Crippen molar-refractivity contribution in [3.63, 3.8) is 0 Å². The maximum atomic E-state index is 3.67. The van der Waals surface area contributed by atoms with Crippen molar-refractivity contribution in [1.29, 1.82) is 0 Å². The summed E-state index contributed by atoms with van der Waals surface area (Å²) in [5.74, 6) is 3.75. The smallest absolute Gasteiger partial charge is 0.0278 e. The lowest BCUT2D eigenvalue weighted by Gasteiger charge is -2.42. The summed E-state index contributed by atoms with van der Waals surface area (Å²) in [5, 5.41) is 3.67. The monoisotopic (exact) mass is 242 g/mol. The first-order chi connectivity index (χ1) is 7.72. The molecular weight excluding hydrogens is 216 g/mol. The minimum Gasteiger partial charge on any atom is -0.309 e. The third-order valence-electron chi connectivity index (χ3n) is 4.19. The summed E-state index contributed by atoms with van der Waals surface area (Å²) in [7, 11) is 0. The van der Waals surface area contributed by atoms with Crippen molar-refractivity contribution in [3.8, 4) is 0 Å². The summed E-state index contributed by atoms with van der Waals surface area (Å²) in [4.78, 5) is 2.70. The van der Waals surface area contributed by atoms with Crippen molar-refractivity contribution in [3.05, 3.63) is 0 Å². The lowest BCUT2D eigenvalue weighted by molar-refractivity contribution is 0.120. The predicted octanol–water partition coefficient (Wildman–Crippen LogP) is 2.20. The van der Waals surface area contributed by atoms with Crippen LogP contribution in [0, 0.1) is 5.92 Å². The molecule has 3 heteroatoms. The molecule has 2 heterocycles. The normalized spacial score (nSPS) is 34.1. The molecule has 2 aliphatic rings. The van der Waals surface area contributed by atoms with Gasteiger partial charge in [0.15, 0.2) is 0 Å². The van der Waals surface area contributed by atoms with Crippen molar-refractivity contribution >= 4 is 11.8 Å². The van der Waals surface area contributed by atoms with Crippen LogP contribution in [0.3, 0.4) is 0 Å². The standard InChI is InChI=1S/C13H26N2S/c1-3-13(2)11-15(7-6-14-13)10-12-4-8-16-9-5-12/h12,14H,3-11H2,1-2H3. The molecule has 1 N–H and O–H groups in total. The molecular formula is C13H26N2S. The highest BCUT2D eigenvalue weighted by Gasteiger charge is 2.29. The van der Waals surface area contributed by atoms with Gasteiger partial charge in [-0.15, -0.1) is 0 Å². The second-order valence-electron chi connectivity index (χ2n) is 5.63. The summed E-state index contributed by atoms with van der Waals surface area (Å²) >= 11 is 2.13. The Kier molecular flexibility index (Phi) is 4.57. The Morgan fingerprint density at radius 3 is 2.81 bits per heavy atom. The third kappa shape index (κ3) is 3.38. The van der Waals surface area contributed by atoms with Gasteiger partial charge >= 0.3 is 0 Å². The van der Waals surface area contributed by atoms with Gasteiger partial charge in [-0.1, -0.05) is 6.92 Å². The lowest BCUT2D eigenvalue weighted by Crippen LogP contribution is -2.59. The van der Waals surface area contributed by atoms with Gasteiger partial charge in [-0.3, -0.25) is 4.90 Å². The van der Waals surface area contributed by atoms with E-state index in [1.807, 2.05) is 0 Å². The Balaban J connectivity index is 1.80. The molecule has 0 amide bonds. The van der Waals surface area contributed by atoms with Crippen LogP contribution in [0.4, 0.5) is 0 Å². The average Bonchev–Trinajstić information content (AvgIpc) is 2.30. The molecule has 0 radical (unpaired) electrons. The molecule has 0 aromatic carbocycles. The molecule has 0 spiro atoms. The van der Waals surface area contributed by atoms with Crippen LogP contribution in [0.15, 0.2) is 0 Å². The molecule has 16 heavy (non-hydrogen) atoms. The Hall–Kier alpha value is 0.270. The fraction of sp³-hybridized carbons (Fsp3) is 1.00. The van der Waals surface area contributed by atoms with Crippen LogP contribution < -0.4 is 5.32 Å². The van der Waals surface area contributed by atoms with Crippen molar-refractivity contribution in [2.24, 2.45) is 5.92 Å². The zero-order valence-corrected chi connectivity index (χ0v) is 11.6. The van der Waals surface area contributed by atoms with Gasteiger partial charge < -0.3 is 5.32 Å². The molecule has 2 rings (SSSR count). The van der Waals surface area contributed by atoms with Gasteiger partial charge in [0, 0.05) is 31.7 Å². The van der Waals surface area contributed by atoms with Crippen LogP contribution >= 0.6 is 11.8 Å². The van der Waals surface area contributed by atoms with Crippen LogP contribution in [-0.2, 0) is 0 Å². The van der Waals surface area contributed by atoms with Crippen molar-refractivity contribution in [2.75, 3.05) is 37.7 Å². The second kappa shape index (κ2) is 5.74. The lowest BCUT2D eigenvalue weighted by atomic mass is 9.94. The van der Waals surface area contributed by atoms with E-state index < -0.39 is 0 Å². The molecule has 1 atom stereocenters. The van der Waals surface area contributed by atoms with Crippen LogP contribution in [0.1, 0.15) is 33.1 Å². The van der Waals surface area contributed by atoms with Gasteiger partial charge in [-0.05, 0) is 43.6 Å². The van der Waals surface area contributed by atoms with Crippen molar-refractivity contribution in [1.82, 2.24) is 10.2 Å². The van der Waals surface area contributed by atoms with Gasteiger partial charge in [-0.2, -0.15) is 11.8 Å². The fourth-order valence-corrected chi connectivity index (χ4v) is 4.04. The Bertz CT molecular complexity index is 216. The zero-order chi connectivity index (χ0) is 11.4. The third-order valence-corrected chi connectivity index (χ3v) is 5.24. The van der Waals surface area contributed by atoms with E-state index in [1.165, 1.54) is 56.9 Å². The Labute approximate surface area is 105 Å². The molecule has 2 nitrogen and oxygen atoms in total. The van der Waals surface area contributed by atoms with E-state index >= 15 is 0 Å². The number of nitrogens with zero attached hydrogens (tertiary/aromatic N) is 1. The number of hydrogen-bond donors (Lipinski definition) is 1. The van der Waals surface area contributed by atoms with E-state index in [4.69, 9.17) is 0 Å². The van der Waals surface area contributed by atoms with E-state index in [0.29, 0.717) is 5.54 Å². The molecule has 2 saturated heterocycles. The topological polar surface area (TPSA) is 15.3 Å². The molecule has 1 unspecified atom stereocenters. The fourth-order valence-electron chi connectivity index (χ4n) is 2.83. The molecule has 0 aromatic heterocycles. The Morgan fingerprint density at radius 1 is 1.38 bits per heavy atom. The van der Waals surface area contributed by atoms with Crippen LogP contribution in [0.25, 0.3) is 0 Å². The van der Waals surface area contributed by atoms with Crippen LogP contribution in [0.5, 0.6) is 0 Å². The highest BCUT2D eigenvalue weighted by atomic mass is 32.2. The number of nitrogens with one attached hydrogen (secondary N) is 1. The van der Waals surface area contributed by atoms with Crippen molar-refractivity contribution < 1.29 is 0 Å². The van der Waals surface area contributed by atoms with Crippen LogP contribution in [0.2, 0.25) is 0 Å². The van der Waals surface area contributed by atoms with E-state index in [0.717, 1.165) is 5.92 Å². The number of rotatable bonds is 3. The quantitative estimate of drug-likeness (QED) is 0.817. The number of piperazine rings is 1. The average molecular weight is 242 g/mol. The predicted molar refractivity (Wildman–Crippen MR) is 73.2 cm³/mol. The summed E-state index contributed by atoms with van der Waals surface area (Å²) in [6.07, 6.45) is 4.12. The van der Waals surface area contributed by atoms with Gasteiger partial charge in [0.2, 0.25) is 0 Å². The maximum absolute atomic E-state index is 3.67. The zero-order valence-electron chi connectivity index (χ0n) is 10.8. The summed E-state index contributed by atoms with van der Waals surface area (Å²) in [6.45, 7) is 9.68. The minimum absolute atomic E-state index is 0.363. The molecule has 0 saturated carbocycles. The van der Waals surface area contributed by atoms with Gasteiger partial charge in [0.1, 0.15) is 0 Å². The van der Waals surface area contributed by atoms with Gasteiger partial charge in [0.25, 0.3) is 0 Å². The summed E-state index contributed by atoms with van der Waals surface area (Å²) in [6, 6.07) is 0. The molecule has 0 aromatic rings. The maximum Gasteiger partial charge on any atom is 0.0278 e. The molecule has 2 fully saturated rings. The van der Waals surface area contributed by atoms with Crippen molar-refractivity contribution in [2.45, 2.75) is 38.6 Å². The molecule has 0 aliphatic carbocycles. The highest BCUT2D eigenvalue weighted by molar-refractivity contribution is 7.99. The van der Waals surface area contributed by atoms with E-state index in [1.54, 1.807) is 0 Å². The van der Waals surface area contributed by atoms with Crippen LogP contribution in [-0.4, -0.2) is 48.1 Å². The number of hydrogen-bond acceptors (Lipinski definition) is 3. The second-order valence-corrected chi connectivity index (χ2v) is 6.86. The molecule has 2 aliphatic heterocycles. The summed E-state index contributed by atoms with van der Waals surface area (Å²) in [5.41, 5.74) is 0.363. The highest BCUT2D eigenvalue weighted by Crippen LogP contribution is 2.25. The number of thioether (sulfide) groups is 1. The first-order valence-electron chi connectivity index (χ1n) is 6.77. The van der Waals surface area contributed by atoms with Gasteiger partial charge in [0.05, 0.1) is 0 Å². The summed E-state index contributed by atoms with van der Waals surface area (Å²) < 4.78 is 0. The molecule has 94 valence electrons. The first kappa shape index (κ1) is 12.7. The largest absolute Gasteiger partial charge is 0.309 e. The molecule has 0 bridgehead atoms. The SMILES string of the molecule is CCC1(C)CN(CC2CCSCC2)CCN1. The first-order valence-corrected chi connectivity index (χ1v) is 7.92. The Morgan fingerprint density at radius 2 is 2.12 bits per heavy atom. The van der Waals surface area contributed by atoms with E-state index in [2.05, 4.69) is 35.8 Å².